The number of amides is 1. The number of pyridine rings is 1. The number of hydrogen-bond acceptors (Lipinski definition) is 6. The van der Waals surface area contributed by atoms with Crippen molar-refractivity contribution >= 4 is 11.5 Å². The molecule has 0 aromatic carbocycles. The van der Waals surface area contributed by atoms with E-state index in [1.165, 1.54) is 18.0 Å². The predicted octanol–water partition coefficient (Wildman–Crippen LogP) is 2.48. The Bertz CT molecular complexity index is 1200. The van der Waals surface area contributed by atoms with Gasteiger partial charge >= 0.3 is 0 Å². The van der Waals surface area contributed by atoms with Gasteiger partial charge in [0.1, 0.15) is 5.76 Å². The maximum Gasteiger partial charge on any atom is 0.280 e. The fourth-order valence-electron chi connectivity index (χ4n) is 3.84. The largest absolute Gasteiger partial charge is 0.500 e. The lowest BCUT2D eigenvalue weighted by molar-refractivity contribution is 0.0642. The van der Waals surface area contributed by atoms with Gasteiger partial charge in [0.25, 0.3) is 11.5 Å². The standard InChI is InChI=1S/C24H25N5O4/c1-32-21-6-3-16(12-25)2-5-19(21)20-15-28-29(24(20)31)22-7-4-18(14-26-22)23(30)27-13-17-8-10-33-11-9-17/h2-5,7,14-15,17,28H,6,8-11,13H2,1H3,(H,27,30). The summed E-state index contributed by atoms with van der Waals surface area (Å²) in [5, 5.41) is 15.0. The minimum atomic E-state index is -0.311. The van der Waals surface area contributed by atoms with E-state index in [1.54, 1.807) is 36.6 Å². The summed E-state index contributed by atoms with van der Waals surface area (Å²) in [5.74, 6) is 1.18. The number of H-pyrrole nitrogens is 1. The number of aromatic amines is 1. The average Bonchev–Trinajstić information content (AvgIpc) is 3.11. The van der Waals surface area contributed by atoms with Gasteiger partial charge in [-0.3, -0.25) is 14.7 Å². The molecule has 0 saturated carbocycles. The van der Waals surface area contributed by atoms with Crippen LogP contribution in [0.5, 0.6) is 0 Å². The molecule has 170 valence electrons. The number of aromatic nitrogens is 3. The molecule has 2 aromatic rings. The summed E-state index contributed by atoms with van der Waals surface area (Å²) in [6.07, 6.45) is 10.4. The highest BCUT2D eigenvalue weighted by Crippen LogP contribution is 2.25. The van der Waals surface area contributed by atoms with Crippen LogP contribution in [0.2, 0.25) is 0 Å². The first-order chi connectivity index (χ1) is 16.1. The van der Waals surface area contributed by atoms with Gasteiger partial charge in [-0.05, 0) is 43.0 Å². The smallest absolute Gasteiger partial charge is 0.280 e. The Labute approximate surface area is 191 Å². The number of ether oxygens (including phenoxy) is 2. The van der Waals surface area contributed by atoms with E-state index in [2.05, 4.69) is 21.5 Å². The van der Waals surface area contributed by atoms with Gasteiger partial charge in [-0.1, -0.05) is 6.08 Å². The molecule has 2 aromatic heterocycles. The normalized spacial score (nSPS) is 16.7. The number of carbonyl (C=O) groups is 1. The first-order valence-electron chi connectivity index (χ1n) is 10.8. The van der Waals surface area contributed by atoms with Crippen LogP contribution >= 0.6 is 0 Å². The van der Waals surface area contributed by atoms with Gasteiger partial charge in [-0.25, -0.2) is 9.67 Å². The second kappa shape index (κ2) is 10.1. The number of allylic oxidation sites excluding steroid dienone is 5. The molecule has 1 amide bonds. The minimum Gasteiger partial charge on any atom is -0.500 e. The van der Waals surface area contributed by atoms with Crippen molar-refractivity contribution in [1.82, 2.24) is 20.1 Å². The van der Waals surface area contributed by atoms with Crippen molar-refractivity contribution in [3.63, 3.8) is 0 Å². The fourth-order valence-corrected chi connectivity index (χ4v) is 3.84. The fraction of sp³-hybridized carbons (Fsp3) is 0.333. The lowest BCUT2D eigenvalue weighted by Crippen LogP contribution is -2.32. The number of hydrogen-bond donors (Lipinski definition) is 2. The third-order valence-corrected chi connectivity index (χ3v) is 5.81. The van der Waals surface area contributed by atoms with Crippen molar-refractivity contribution in [2.75, 3.05) is 26.9 Å². The number of methoxy groups -OCH3 is 1. The maximum atomic E-state index is 13.1. The van der Waals surface area contributed by atoms with Crippen molar-refractivity contribution in [3.05, 3.63) is 75.6 Å². The highest BCUT2D eigenvalue weighted by atomic mass is 16.5. The monoisotopic (exact) mass is 447 g/mol. The second-order valence-electron chi connectivity index (χ2n) is 7.85. The third kappa shape index (κ3) is 4.96. The van der Waals surface area contributed by atoms with E-state index in [-0.39, 0.29) is 11.5 Å². The van der Waals surface area contributed by atoms with Crippen LogP contribution in [0, 0.1) is 17.2 Å². The Morgan fingerprint density at radius 1 is 1.36 bits per heavy atom. The quantitative estimate of drug-likeness (QED) is 0.702. The molecule has 0 atom stereocenters. The summed E-state index contributed by atoms with van der Waals surface area (Å²) in [7, 11) is 1.53. The van der Waals surface area contributed by atoms with Crippen LogP contribution in [-0.4, -0.2) is 47.5 Å². The molecule has 0 spiro atoms. The van der Waals surface area contributed by atoms with Gasteiger partial charge in [0.05, 0.1) is 24.3 Å². The zero-order valence-corrected chi connectivity index (χ0v) is 18.3. The first-order valence-corrected chi connectivity index (χ1v) is 10.8. The first kappa shape index (κ1) is 22.3. The SMILES string of the molecule is COC1=C(c2c[nH]n(-c3ccc(C(=O)NCC4CCOCC4)cn3)c2=O)C=CC(C#N)=CC1. The summed E-state index contributed by atoms with van der Waals surface area (Å²) in [5.41, 5.74) is 1.62. The predicted molar refractivity (Wildman–Crippen MR) is 121 cm³/mol. The number of carbonyl (C=O) groups excluding carboxylic acids is 1. The van der Waals surface area contributed by atoms with Crippen molar-refractivity contribution in [2.24, 2.45) is 5.92 Å². The van der Waals surface area contributed by atoms with E-state index in [0.717, 1.165) is 26.1 Å². The topological polar surface area (TPSA) is 122 Å². The van der Waals surface area contributed by atoms with E-state index in [4.69, 9.17) is 14.7 Å². The van der Waals surface area contributed by atoms with E-state index in [1.807, 2.05) is 0 Å². The summed E-state index contributed by atoms with van der Waals surface area (Å²) < 4.78 is 12.1. The van der Waals surface area contributed by atoms with Gasteiger partial charge in [-0.2, -0.15) is 5.26 Å². The zero-order chi connectivity index (χ0) is 23.2. The number of nitrogens with one attached hydrogen (secondary N) is 2. The molecule has 33 heavy (non-hydrogen) atoms. The molecule has 1 aliphatic carbocycles. The Kier molecular flexibility index (Phi) is 6.86. The molecule has 1 aliphatic heterocycles. The summed E-state index contributed by atoms with van der Waals surface area (Å²) in [6.45, 7) is 2.08. The lowest BCUT2D eigenvalue weighted by Gasteiger charge is -2.22. The van der Waals surface area contributed by atoms with E-state index >= 15 is 0 Å². The molecule has 3 heterocycles. The Balaban J connectivity index is 1.50. The van der Waals surface area contributed by atoms with Crippen LogP contribution < -0.4 is 10.9 Å². The van der Waals surface area contributed by atoms with Gasteiger partial charge in [0.15, 0.2) is 5.82 Å². The Hall–Kier alpha value is -3.90. The van der Waals surface area contributed by atoms with E-state index < -0.39 is 0 Å². The van der Waals surface area contributed by atoms with Crippen LogP contribution in [0.1, 0.15) is 35.2 Å². The number of nitrogens with zero attached hydrogens (tertiary/aromatic N) is 3. The molecular formula is C24H25N5O4. The molecule has 0 unspecified atom stereocenters. The number of rotatable bonds is 6. The van der Waals surface area contributed by atoms with Gasteiger partial charge in [-0.15, -0.1) is 0 Å². The number of nitriles is 1. The van der Waals surface area contributed by atoms with Crippen molar-refractivity contribution in [1.29, 1.82) is 5.26 Å². The molecule has 2 N–H and O–H groups in total. The van der Waals surface area contributed by atoms with Crippen molar-refractivity contribution < 1.29 is 14.3 Å². The molecule has 1 fully saturated rings. The summed E-state index contributed by atoms with van der Waals surface area (Å²) in [4.78, 5) is 29.8. The summed E-state index contributed by atoms with van der Waals surface area (Å²) >= 11 is 0. The lowest BCUT2D eigenvalue weighted by atomic mass is 10.0. The average molecular weight is 447 g/mol. The highest BCUT2D eigenvalue weighted by molar-refractivity contribution is 5.93. The van der Waals surface area contributed by atoms with Crippen molar-refractivity contribution in [2.45, 2.75) is 19.3 Å². The Morgan fingerprint density at radius 3 is 2.88 bits per heavy atom. The van der Waals surface area contributed by atoms with Crippen molar-refractivity contribution in [3.8, 4) is 11.9 Å². The molecule has 0 radical (unpaired) electrons. The van der Waals surface area contributed by atoms with Gasteiger partial charge in [0, 0.05) is 49.7 Å². The van der Waals surface area contributed by atoms with Crippen LogP contribution in [0.25, 0.3) is 11.4 Å². The molecule has 9 heteroatoms. The molecule has 1 saturated heterocycles. The van der Waals surface area contributed by atoms with Crippen LogP contribution in [-0.2, 0) is 9.47 Å². The molecule has 2 aliphatic rings. The molecule has 0 bridgehead atoms. The molecule has 9 nitrogen and oxygen atoms in total. The van der Waals surface area contributed by atoms with Crippen LogP contribution in [0.15, 0.2) is 58.9 Å². The van der Waals surface area contributed by atoms with Crippen LogP contribution in [0.3, 0.4) is 0 Å². The third-order valence-electron chi connectivity index (χ3n) is 5.81. The zero-order valence-electron chi connectivity index (χ0n) is 18.3. The highest BCUT2D eigenvalue weighted by Gasteiger charge is 2.18. The van der Waals surface area contributed by atoms with E-state index in [0.29, 0.717) is 52.7 Å². The molecule has 4 rings (SSSR count). The molecular weight excluding hydrogens is 422 g/mol. The van der Waals surface area contributed by atoms with Gasteiger partial charge < -0.3 is 14.8 Å². The minimum absolute atomic E-state index is 0.195. The summed E-state index contributed by atoms with van der Waals surface area (Å²) in [6, 6.07) is 5.36. The van der Waals surface area contributed by atoms with Crippen LogP contribution in [0.4, 0.5) is 0 Å². The van der Waals surface area contributed by atoms with E-state index in [9.17, 15) is 9.59 Å². The Morgan fingerprint density at radius 2 is 2.18 bits per heavy atom. The second-order valence-corrected chi connectivity index (χ2v) is 7.85. The maximum absolute atomic E-state index is 13.1. The van der Waals surface area contributed by atoms with Gasteiger partial charge in [0.2, 0.25) is 0 Å².